The van der Waals surface area contributed by atoms with Gasteiger partial charge in [0.25, 0.3) is 5.82 Å². The third-order valence-corrected chi connectivity index (χ3v) is 11.8. The van der Waals surface area contributed by atoms with Crippen LogP contribution < -0.4 is 4.57 Å². The first-order valence-corrected chi connectivity index (χ1v) is 24.4. The minimum atomic E-state index is 1.23. The van der Waals surface area contributed by atoms with Gasteiger partial charge in [0.1, 0.15) is 12.4 Å². The van der Waals surface area contributed by atoms with Gasteiger partial charge in [-0.05, 0) is 32.1 Å². The molecule has 0 aromatic carbocycles. The number of unbranched alkanes of at least 4 members (excludes halogenated alkanes) is 37. The number of hydrogen-bond donors (Lipinski definition) is 0. The van der Waals surface area contributed by atoms with E-state index < -0.39 is 0 Å². The maximum absolute atomic E-state index is 2.66. The van der Waals surface area contributed by atoms with Crippen LogP contribution in [0.4, 0.5) is 0 Å². The second-order valence-electron chi connectivity index (χ2n) is 16.9. The van der Waals surface area contributed by atoms with Crippen LogP contribution >= 0.6 is 0 Å². The van der Waals surface area contributed by atoms with E-state index in [9.17, 15) is 0 Å². The SMILES string of the molecule is CCCCCCCCCCCCCCCCCC[n+]1ccn(CCCCCCCCCCCC)c1CCCCCCCCCCCCCCCC. The van der Waals surface area contributed by atoms with E-state index in [1.807, 2.05) is 0 Å². The lowest BCUT2D eigenvalue weighted by molar-refractivity contribution is -0.704. The normalized spacial score (nSPS) is 11.7. The van der Waals surface area contributed by atoms with Gasteiger partial charge in [-0.3, -0.25) is 0 Å². The summed E-state index contributed by atoms with van der Waals surface area (Å²) >= 11 is 0. The Balaban J connectivity index is 2.24. The molecule has 0 spiro atoms. The van der Waals surface area contributed by atoms with Crippen molar-refractivity contribution in [2.75, 3.05) is 0 Å². The molecule has 0 fully saturated rings. The minimum absolute atomic E-state index is 1.23. The van der Waals surface area contributed by atoms with E-state index in [1.54, 1.807) is 5.82 Å². The summed E-state index contributed by atoms with van der Waals surface area (Å²) in [6.07, 6.45) is 63.8. The van der Waals surface area contributed by atoms with Crippen LogP contribution in [0.15, 0.2) is 12.4 Å². The maximum Gasteiger partial charge on any atom is 0.256 e. The number of aromatic nitrogens is 2. The molecule has 0 bridgehead atoms. The van der Waals surface area contributed by atoms with E-state index in [-0.39, 0.29) is 0 Å². The Morgan fingerprint density at radius 1 is 0.333 bits per heavy atom. The van der Waals surface area contributed by atoms with Crippen molar-refractivity contribution in [2.24, 2.45) is 0 Å². The molecule has 0 aliphatic carbocycles. The molecule has 1 aromatic rings. The quantitative estimate of drug-likeness (QED) is 0.0471. The van der Waals surface area contributed by atoms with Gasteiger partial charge >= 0.3 is 0 Å². The third kappa shape index (κ3) is 32.4. The summed E-state index contributed by atoms with van der Waals surface area (Å²) in [6, 6.07) is 0. The fourth-order valence-corrected chi connectivity index (χ4v) is 8.27. The summed E-state index contributed by atoms with van der Waals surface area (Å²) in [5, 5.41) is 0. The van der Waals surface area contributed by atoms with Crippen molar-refractivity contribution in [3.05, 3.63) is 18.2 Å². The van der Waals surface area contributed by atoms with Gasteiger partial charge in [0, 0.05) is 6.42 Å². The monoisotopic (exact) mass is 714 g/mol. The van der Waals surface area contributed by atoms with Crippen LogP contribution in [0.25, 0.3) is 0 Å². The summed E-state index contributed by atoms with van der Waals surface area (Å²) in [7, 11) is 0. The first kappa shape index (κ1) is 48.2. The van der Waals surface area contributed by atoms with Gasteiger partial charge in [0.2, 0.25) is 0 Å². The Labute approximate surface area is 323 Å². The summed E-state index contributed by atoms with van der Waals surface area (Å²) in [5.41, 5.74) is 0. The zero-order chi connectivity index (χ0) is 36.6. The van der Waals surface area contributed by atoms with E-state index in [0.29, 0.717) is 0 Å². The Kier molecular flexibility index (Phi) is 38.2. The number of hydrogen-bond acceptors (Lipinski definition) is 0. The van der Waals surface area contributed by atoms with Crippen LogP contribution in [0.2, 0.25) is 0 Å². The van der Waals surface area contributed by atoms with Gasteiger partial charge in [0.05, 0.1) is 13.1 Å². The molecule has 0 unspecified atom stereocenters. The summed E-state index contributed by atoms with van der Waals surface area (Å²) in [4.78, 5) is 0. The molecule has 302 valence electrons. The first-order valence-electron chi connectivity index (χ1n) is 24.4. The predicted octanol–water partition coefficient (Wildman–Crippen LogP) is 17.0. The van der Waals surface area contributed by atoms with Crippen molar-refractivity contribution in [1.82, 2.24) is 4.57 Å². The molecule has 0 saturated carbocycles. The van der Waals surface area contributed by atoms with Crippen LogP contribution in [0.1, 0.15) is 283 Å². The van der Waals surface area contributed by atoms with Crippen molar-refractivity contribution in [2.45, 2.75) is 297 Å². The van der Waals surface area contributed by atoms with Crippen LogP contribution in [-0.4, -0.2) is 4.57 Å². The number of rotatable bonds is 43. The molecule has 1 aromatic heterocycles. The van der Waals surface area contributed by atoms with E-state index in [0.717, 1.165) is 0 Å². The van der Waals surface area contributed by atoms with Crippen LogP contribution in [-0.2, 0) is 19.5 Å². The molecule has 2 heteroatoms. The molecule has 0 radical (unpaired) electrons. The van der Waals surface area contributed by atoms with Crippen molar-refractivity contribution in [3.63, 3.8) is 0 Å². The van der Waals surface area contributed by atoms with Crippen LogP contribution in [0, 0.1) is 0 Å². The molecule has 0 aliphatic heterocycles. The lowest BCUT2D eigenvalue weighted by atomic mass is 10.0. The van der Waals surface area contributed by atoms with Gasteiger partial charge < -0.3 is 0 Å². The Morgan fingerprint density at radius 2 is 0.608 bits per heavy atom. The summed E-state index contributed by atoms with van der Waals surface area (Å²) in [5.74, 6) is 1.63. The first-order chi connectivity index (χ1) is 25.3. The Bertz CT molecular complexity index is 781. The molecule has 1 rings (SSSR count). The average molecular weight is 714 g/mol. The predicted molar refractivity (Wildman–Crippen MR) is 230 cm³/mol. The lowest BCUT2D eigenvalue weighted by Gasteiger charge is -2.07. The summed E-state index contributed by atoms with van der Waals surface area (Å²) < 4.78 is 5.31. The zero-order valence-electron chi connectivity index (χ0n) is 36.0. The third-order valence-electron chi connectivity index (χ3n) is 11.8. The Morgan fingerprint density at radius 3 is 0.941 bits per heavy atom. The lowest BCUT2D eigenvalue weighted by Crippen LogP contribution is -2.37. The highest BCUT2D eigenvalue weighted by atomic mass is 15.1. The smallest absolute Gasteiger partial charge is 0.234 e. The molecule has 0 N–H and O–H groups in total. The van der Waals surface area contributed by atoms with Crippen molar-refractivity contribution < 1.29 is 4.57 Å². The number of aryl methyl sites for hydroxylation is 2. The Hall–Kier alpha value is -0.790. The van der Waals surface area contributed by atoms with E-state index in [4.69, 9.17) is 0 Å². The highest BCUT2D eigenvalue weighted by Crippen LogP contribution is 2.17. The van der Waals surface area contributed by atoms with Crippen molar-refractivity contribution in [3.8, 4) is 0 Å². The second kappa shape index (κ2) is 40.4. The molecule has 0 atom stereocenters. The standard InChI is InChI=1S/C49H97N2/c1-4-7-10-13-16-19-22-24-26-27-29-31-34-37-40-43-46-51-48-47-50(45-42-39-36-33-21-18-15-12-9-6-3)49(51)44-41-38-35-32-30-28-25-23-20-17-14-11-8-5-2/h47-48H,4-46H2,1-3H3/q+1. The molecular weight excluding hydrogens is 617 g/mol. The van der Waals surface area contributed by atoms with Crippen LogP contribution in [0.3, 0.4) is 0 Å². The molecule has 0 amide bonds. The molecular formula is C49H97N2+. The zero-order valence-corrected chi connectivity index (χ0v) is 36.0. The highest BCUT2D eigenvalue weighted by Gasteiger charge is 2.16. The van der Waals surface area contributed by atoms with Gasteiger partial charge in [-0.15, -0.1) is 0 Å². The van der Waals surface area contributed by atoms with Gasteiger partial charge in [-0.2, -0.15) is 0 Å². The van der Waals surface area contributed by atoms with Crippen molar-refractivity contribution in [1.29, 1.82) is 0 Å². The number of nitrogens with zero attached hydrogens (tertiary/aromatic N) is 2. The van der Waals surface area contributed by atoms with Crippen molar-refractivity contribution >= 4 is 0 Å². The van der Waals surface area contributed by atoms with Gasteiger partial charge in [0.15, 0.2) is 0 Å². The van der Waals surface area contributed by atoms with E-state index in [2.05, 4.69) is 42.3 Å². The van der Waals surface area contributed by atoms with Gasteiger partial charge in [-0.1, -0.05) is 245 Å². The van der Waals surface area contributed by atoms with Crippen LogP contribution in [0.5, 0.6) is 0 Å². The highest BCUT2D eigenvalue weighted by molar-refractivity contribution is 4.84. The molecule has 51 heavy (non-hydrogen) atoms. The van der Waals surface area contributed by atoms with E-state index in [1.165, 1.54) is 276 Å². The molecule has 0 aliphatic rings. The molecule has 2 nitrogen and oxygen atoms in total. The average Bonchev–Trinajstić information content (AvgIpc) is 3.53. The maximum atomic E-state index is 2.66. The van der Waals surface area contributed by atoms with Gasteiger partial charge in [-0.25, -0.2) is 9.13 Å². The fourth-order valence-electron chi connectivity index (χ4n) is 8.27. The van der Waals surface area contributed by atoms with E-state index >= 15 is 0 Å². The largest absolute Gasteiger partial charge is 0.256 e. The second-order valence-corrected chi connectivity index (χ2v) is 16.9. The fraction of sp³-hybridized carbons (Fsp3) is 0.939. The topological polar surface area (TPSA) is 8.81 Å². The summed E-state index contributed by atoms with van der Waals surface area (Å²) in [6.45, 7) is 9.42. The number of imidazole rings is 1. The molecule has 1 heterocycles. The minimum Gasteiger partial charge on any atom is -0.234 e. The molecule has 0 saturated heterocycles.